The SMILES string of the molecule is O=C(c1cccc(F)c1)N1CCc2cc(S(=O)(=O)N3CCNC3=O)ccc21. The van der Waals surface area contributed by atoms with E-state index in [9.17, 15) is 22.4 Å². The van der Waals surface area contributed by atoms with Crippen LogP contribution in [0.1, 0.15) is 15.9 Å². The van der Waals surface area contributed by atoms with Crippen molar-refractivity contribution in [2.75, 3.05) is 24.5 Å². The van der Waals surface area contributed by atoms with Gasteiger partial charge in [-0.25, -0.2) is 21.9 Å². The monoisotopic (exact) mass is 389 g/mol. The van der Waals surface area contributed by atoms with Gasteiger partial charge in [-0.05, 0) is 48.4 Å². The summed E-state index contributed by atoms with van der Waals surface area (Å²) in [6.45, 7) is 0.736. The van der Waals surface area contributed by atoms with Gasteiger partial charge in [0.2, 0.25) is 0 Å². The van der Waals surface area contributed by atoms with E-state index in [0.717, 1.165) is 4.31 Å². The van der Waals surface area contributed by atoms with Crippen LogP contribution in [0.25, 0.3) is 0 Å². The van der Waals surface area contributed by atoms with Crippen molar-refractivity contribution in [1.29, 1.82) is 0 Å². The van der Waals surface area contributed by atoms with Crippen LogP contribution in [0.3, 0.4) is 0 Å². The largest absolute Gasteiger partial charge is 0.335 e. The first kappa shape index (κ1) is 17.5. The molecule has 0 radical (unpaired) electrons. The fourth-order valence-corrected chi connectivity index (χ4v) is 4.74. The number of sulfonamides is 1. The van der Waals surface area contributed by atoms with Gasteiger partial charge in [0.25, 0.3) is 15.9 Å². The minimum atomic E-state index is -3.94. The molecule has 0 spiro atoms. The Morgan fingerprint density at radius 2 is 1.93 bits per heavy atom. The van der Waals surface area contributed by atoms with Gasteiger partial charge in [0, 0.05) is 24.3 Å². The molecule has 2 aliphatic heterocycles. The third-order valence-electron chi connectivity index (χ3n) is 4.67. The van der Waals surface area contributed by atoms with Crippen LogP contribution in [0.5, 0.6) is 0 Å². The van der Waals surface area contributed by atoms with E-state index in [1.807, 2.05) is 0 Å². The molecule has 0 bridgehead atoms. The lowest BCUT2D eigenvalue weighted by Crippen LogP contribution is -2.34. The Kier molecular flexibility index (Phi) is 4.11. The first-order chi connectivity index (χ1) is 12.9. The van der Waals surface area contributed by atoms with Crippen LogP contribution in [0.15, 0.2) is 47.4 Å². The molecule has 2 aliphatic rings. The Bertz CT molecular complexity index is 1050. The second-order valence-electron chi connectivity index (χ2n) is 6.32. The van der Waals surface area contributed by atoms with Crippen LogP contribution in [-0.4, -0.2) is 44.3 Å². The quantitative estimate of drug-likeness (QED) is 0.866. The molecule has 2 aromatic carbocycles. The number of carbonyl (C=O) groups is 2. The molecule has 7 nitrogen and oxygen atoms in total. The molecular formula is C18H16FN3O4S. The highest BCUT2D eigenvalue weighted by Crippen LogP contribution is 2.32. The first-order valence-electron chi connectivity index (χ1n) is 8.39. The molecule has 0 atom stereocenters. The molecule has 0 aromatic heterocycles. The van der Waals surface area contributed by atoms with Crippen LogP contribution in [0.4, 0.5) is 14.9 Å². The van der Waals surface area contributed by atoms with Gasteiger partial charge in [0.1, 0.15) is 5.82 Å². The molecule has 9 heteroatoms. The maximum absolute atomic E-state index is 13.4. The zero-order valence-corrected chi connectivity index (χ0v) is 15.0. The van der Waals surface area contributed by atoms with Crippen molar-refractivity contribution in [1.82, 2.24) is 9.62 Å². The predicted molar refractivity (Wildman–Crippen MR) is 95.5 cm³/mol. The number of nitrogens with zero attached hydrogens (tertiary/aromatic N) is 2. The van der Waals surface area contributed by atoms with E-state index in [1.54, 1.807) is 6.07 Å². The average Bonchev–Trinajstić information content (AvgIpc) is 3.27. The number of hydrogen-bond acceptors (Lipinski definition) is 4. The van der Waals surface area contributed by atoms with Crippen molar-refractivity contribution in [2.45, 2.75) is 11.3 Å². The molecule has 4 rings (SSSR count). The lowest BCUT2D eigenvalue weighted by atomic mass is 10.1. The number of anilines is 1. The number of benzene rings is 2. The molecule has 1 fully saturated rings. The molecule has 0 unspecified atom stereocenters. The number of amides is 3. The van der Waals surface area contributed by atoms with Gasteiger partial charge in [0.05, 0.1) is 11.4 Å². The zero-order valence-electron chi connectivity index (χ0n) is 14.2. The van der Waals surface area contributed by atoms with Crippen molar-refractivity contribution in [3.8, 4) is 0 Å². The van der Waals surface area contributed by atoms with Crippen molar-refractivity contribution in [3.63, 3.8) is 0 Å². The van der Waals surface area contributed by atoms with Crippen LogP contribution in [0.2, 0.25) is 0 Å². The Hall–Kier alpha value is -2.94. The van der Waals surface area contributed by atoms with Crippen molar-refractivity contribution >= 4 is 27.6 Å². The van der Waals surface area contributed by atoms with Crippen molar-refractivity contribution in [2.24, 2.45) is 0 Å². The van der Waals surface area contributed by atoms with Crippen LogP contribution in [-0.2, 0) is 16.4 Å². The highest BCUT2D eigenvalue weighted by molar-refractivity contribution is 7.89. The predicted octanol–water partition coefficient (Wildman–Crippen LogP) is 1.74. The topological polar surface area (TPSA) is 86.8 Å². The van der Waals surface area contributed by atoms with E-state index >= 15 is 0 Å². The van der Waals surface area contributed by atoms with Crippen molar-refractivity contribution in [3.05, 3.63) is 59.4 Å². The molecule has 0 aliphatic carbocycles. The summed E-state index contributed by atoms with van der Waals surface area (Å²) in [4.78, 5) is 25.9. The Morgan fingerprint density at radius 3 is 2.63 bits per heavy atom. The third kappa shape index (κ3) is 2.93. The maximum atomic E-state index is 13.4. The molecular weight excluding hydrogens is 373 g/mol. The summed E-state index contributed by atoms with van der Waals surface area (Å²) >= 11 is 0. The molecule has 2 heterocycles. The van der Waals surface area contributed by atoms with Crippen LogP contribution in [0, 0.1) is 5.82 Å². The van der Waals surface area contributed by atoms with E-state index in [4.69, 9.17) is 0 Å². The van der Waals surface area contributed by atoms with E-state index in [0.29, 0.717) is 24.2 Å². The van der Waals surface area contributed by atoms with Gasteiger partial charge in [-0.3, -0.25) is 4.79 Å². The fourth-order valence-electron chi connectivity index (χ4n) is 3.34. The number of rotatable bonds is 3. The minimum Gasteiger partial charge on any atom is -0.335 e. The maximum Gasteiger partial charge on any atom is 0.331 e. The van der Waals surface area contributed by atoms with Gasteiger partial charge in [-0.15, -0.1) is 0 Å². The standard InChI is InChI=1S/C18H16FN3O4S/c19-14-3-1-2-13(10-14)17(23)21-8-6-12-11-15(4-5-16(12)21)27(25,26)22-9-7-20-18(22)24/h1-5,10-11H,6-9H2,(H,20,24). The van der Waals surface area contributed by atoms with Gasteiger partial charge in [0.15, 0.2) is 0 Å². The number of urea groups is 1. The van der Waals surface area contributed by atoms with E-state index in [1.165, 1.54) is 41.3 Å². The van der Waals surface area contributed by atoms with E-state index in [-0.39, 0.29) is 29.5 Å². The van der Waals surface area contributed by atoms with Gasteiger partial charge in [-0.1, -0.05) is 6.07 Å². The summed E-state index contributed by atoms with van der Waals surface area (Å²) in [5.74, 6) is -0.839. The highest BCUT2D eigenvalue weighted by atomic mass is 32.2. The van der Waals surface area contributed by atoms with Gasteiger partial charge in [-0.2, -0.15) is 0 Å². The number of fused-ring (bicyclic) bond motifs is 1. The van der Waals surface area contributed by atoms with E-state index in [2.05, 4.69) is 5.32 Å². The summed E-state index contributed by atoms with van der Waals surface area (Å²) < 4.78 is 39.5. The lowest BCUT2D eigenvalue weighted by Gasteiger charge is -2.19. The smallest absolute Gasteiger partial charge is 0.331 e. The number of carbonyl (C=O) groups excluding carboxylic acids is 2. The van der Waals surface area contributed by atoms with Gasteiger partial charge >= 0.3 is 6.03 Å². The zero-order chi connectivity index (χ0) is 19.2. The summed E-state index contributed by atoms with van der Waals surface area (Å²) in [5, 5.41) is 2.47. The third-order valence-corrected chi connectivity index (χ3v) is 6.45. The highest BCUT2D eigenvalue weighted by Gasteiger charge is 2.34. The Balaban J connectivity index is 1.65. The normalized spacial score (nSPS) is 16.4. The van der Waals surface area contributed by atoms with Crippen LogP contribution < -0.4 is 10.2 Å². The number of nitrogens with one attached hydrogen (secondary N) is 1. The summed E-state index contributed by atoms with van der Waals surface area (Å²) in [6, 6.07) is 9.24. The molecule has 27 heavy (non-hydrogen) atoms. The molecule has 2 aromatic rings. The summed E-state index contributed by atoms with van der Waals surface area (Å²) in [6.07, 6.45) is 0.478. The Morgan fingerprint density at radius 1 is 1.11 bits per heavy atom. The second kappa shape index (κ2) is 6.34. The molecule has 1 N–H and O–H groups in total. The lowest BCUT2D eigenvalue weighted by molar-refractivity contribution is 0.0989. The molecule has 0 saturated carbocycles. The molecule has 3 amide bonds. The summed E-state index contributed by atoms with van der Waals surface area (Å²) in [5.41, 5.74) is 1.52. The van der Waals surface area contributed by atoms with E-state index < -0.39 is 21.9 Å². The molecule has 1 saturated heterocycles. The summed E-state index contributed by atoms with van der Waals surface area (Å²) in [7, 11) is -3.94. The van der Waals surface area contributed by atoms with Gasteiger partial charge < -0.3 is 10.2 Å². The number of hydrogen-bond donors (Lipinski definition) is 1. The minimum absolute atomic E-state index is 0.0124. The second-order valence-corrected chi connectivity index (χ2v) is 8.18. The first-order valence-corrected chi connectivity index (χ1v) is 9.83. The molecule has 140 valence electrons. The van der Waals surface area contributed by atoms with Crippen molar-refractivity contribution < 1.29 is 22.4 Å². The number of halogens is 1. The Labute approximate surface area is 155 Å². The van der Waals surface area contributed by atoms with Crippen LogP contribution >= 0.6 is 0 Å². The average molecular weight is 389 g/mol. The fraction of sp³-hybridized carbons (Fsp3) is 0.222.